The standard InChI is InChI=1S/C12H22N2O/c1-9(12(2,3)4)8-11(15)10-6-7-13-14(10)5/h6-7,9,11,15H,8H2,1-5H3. The van der Waals surface area contributed by atoms with Crippen LogP contribution in [0.4, 0.5) is 0 Å². The molecule has 1 aromatic heterocycles. The number of aryl methyl sites for hydroxylation is 1. The molecule has 0 radical (unpaired) electrons. The summed E-state index contributed by atoms with van der Waals surface area (Å²) in [5, 5.41) is 14.1. The molecule has 3 nitrogen and oxygen atoms in total. The third-order valence-corrected chi connectivity index (χ3v) is 3.26. The lowest BCUT2D eigenvalue weighted by molar-refractivity contribution is 0.104. The molecule has 0 saturated carbocycles. The van der Waals surface area contributed by atoms with E-state index in [4.69, 9.17) is 0 Å². The monoisotopic (exact) mass is 210 g/mol. The summed E-state index contributed by atoms with van der Waals surface area (Å²) in [6.45, 7) is 8.79. The van der Waals surface area contributed by atoms with Crippen molar-refractivity contribution in [1.29, 1.82) is 0 Å². The predicted octanol–water partition coefficient (Wildman–Crippen LogP) is 2.53. The van der Waals surface area contributed by atoms with Crippen LogP contribution in [-0.4, -0.2) is 14.9 Å². The fraction of sp³-hybridized carbons (Fsp3) is 0.750. The summed E-state index contributed by atoms with van der Waals surface area (Å²) < 4.78 is 1.74. The molecule has 0 spiro atoms. The molecule has 3 heteroatoms. The molecule has 2 atom stereocenters. The average molecular weight is 210 g/mol. The van der Waals surface area contributed by atoms with Gasteiger partial charge in [0.15, 0.2) is 0 Å². The fourth-order valence-corrected chi connectivity index (χ4v) is 1.52. The number of aliphatic hydroxyl groups is 1. The maximum atomic E-state index is 10.1. The molecule has 1 N–H and O–H groups in total. The van der Waals surface area contributed by atoms with Crippen molar-refractivity contribution in [2.24, 2.45) is 18.4 Å². The van der Waals surface area contributed by atoms with E-state index in [-0.39, 0.29) is 5.41 Å². The number of hydrogen-bond acceptors (Lipinski definition) is 2. The Hall–Kier alpha value is -0.830. The summed E-state index contributed by atoms with van der Waals surface area (Å²) in [6, 6.07) is 1.88. The van der Waals surface area contributed by atoms with Crippen molar-refractivity contribution < 1.29 is 5.11 Å². The van der Waals surface area contributed by atoms with Crippen LogP contribution >= 0.6 is 0 Å². The highest BCUT2D eigenvalue weighted by atomic mass is 16.3. The van der Waals surface area contributed by atoms with E-state index in [0.717, 1.165) is 12.1 Å². The lowest BCUT2D eigenvalue weighted by atomic mass is 9.78. The normalized spacial score (nSPS) is 16.4. The molecular formula is C12H22N2O. The Kier molecular flexibility index (Phi) is 3.55. The van der Waals surface area contributed by atoms with Gasteiger partial charge in [0.1, 0.15) is 0 Å². The lowest BCUT2D eigenvalue weighted by Gasteiger charge is -2.29. The van der Waals surface area contributed by atoms with E-state index >= 15 is 0 Å². The van der Waals surface area contributed by atoms with Gasteiger partial charge in [-0.1, -0.05) is 27.7 Å². The first kappa shape index (κ1) is 12.2. The van der Waals surface area contributed by atoms with Crippen LogP contribution in [0.5, 0.6) is 0 Å². The van der Waals surface area contributed by atoms with E-state index in [1.165, 1.54) is 0 Å². The number of aliphatic hydroxyl groups excluding tert-OH is 1. The van der Waals surface area contributed by atoms with Gasteiger partial charge in [-0.2, -0.15) is 5.10 Å². The van der Waals surface area contributed by atoms with Crippen molar-refractivity contribution in [2.45, 2.75) is 40.2 Å². The molecule has 15 heavy (non-hydrogen) atoms. The largest absolute Gasteiger partial charge is 0.387 e. The van der Waals surface area contributed by atoms with E-state index in [0.29, 0.717) is 5.92 Å². The Morgan fingerprint density at radius 1 is 1.47 bits per heavy atom. The van der Waals surface area contributed by atoms with Gasteiger partial charge < -0.3 is 5.11 Å². The Morgan fingerprint density at radius 3 is 2.47 bits per heavy atom. The maximum Gasteiger partial charge on any atom is 0.0959 e. The van der Waals surface area contributed by atoms with Gasteiger partial charge in [0.25, 0.3) is 0 Å². The minimum Gasteiger partial charge on any atom is -0.387 e. The molecule has 0 fully saturated rings. The Balaban J connectivity index is 2.64. The van der Waals surface area contributed by atoms with Gasteiger partial charge in [-0.15, -0.1) is 0 Å². The number of hydrogen-bond donors (Lipinski definition) is 1. The van der Waals surface area contributed by atoms with Crippen molar-refractivity contribution in [2.75, 3.05) is 0 Å². The second-order valence-electron chi connectivity index (χ2n) is 5.40. The SMILES string of the molecule is CC(CC(O)c1ccnn1C)C(C)(C)C. The van der Waals surface area contributed by atoms with Crippen LogP contribution in [-0.2, 0) is 7.05 Å². The maximum absolute atomic E-state index is 10.1. The number of nitrogens with zero attached hydrogens (tertiary/aromatic N) is 2. The minimum absolute atomic E-state index is 0.236. The van der Waals surface area contributed by atoms with Gasteiger partial charge in [0.2, 0.25) is 0 Å². The Labute approximate surface area is 92.1 Å². The topological polar surface area (TPSA) is 38.1 Å². The highest BCUT2D eigenvalue weighted by molar-refractivity contribution is 5.04. The molecule has 0 aromatic carbocycles. The van der Waals surface area contributed by atoms with Gasteiger partial charge in [-0.3, -0.25) is 4.68 Å². The summed E-state index contributed by atoms with van der Waals surface area (Å²) in [7, 11) is 1.86. The molecule has 0 aliphatic rings. The van der Waals surface area contributed by atoms with Gasteiger partial charge in [-0.25, -0.2) is 0 Å². The second-order valence-corrected chi connectivity index (χ2v) is 5.40. The van der Waals surface area contributed by atoms with Gasteiger partial charge in [-0.05, 0) is 23.8 Å². The molecule has 86 valence electrons. The molecule has 0 saturated heterocycles. The average Bonchev–Trinajstić information content (AvgIpc) is 2.49. The van der Waals surface area contributed by atoms with Crippen LogP contribution in [0.15, 0.2) is 12.3 Å². The molecular weight excluding hydrogens is 188 g/mol. The fourth-order valence-electron chi connectivity index (χ4n) is 1.52. The van der Waals surface area contributed by atoms with Crippen molar-refractivity contribution in [3.05, 3.63) is 18.0 Å². The molecule has 0 aliphatic carbocycles. The van der Waals surface area contributed by atoms with E-state index in [9.17, 15) is 5.11 Å². The van der Waals surface area contributed by atoms with Crippen LogP contribution in [0.2, 0.25) is 0 Å². The summed E-state index contributed by atoms with van der Waals surface area (Å²) >= 11 is 0. The lowest BCUT2D eigenvalue weighted by Crippen LogP contribution is -2.20. The molecule has 1 rings (SSSR count). The van der Waals surface area contributed by atoms with Crippen molar-refractivity contribution in [3.8, 4) is 0 Å². The van der Waals surface area contributed by atoms with E-state index < -0.39 is 6.10 Å². The van der Waals surface area contributed by atoms with Crippen molar-refractivity contribution in [3.63, 3.8) is 0 Å². The van der Waals surface area contributed by atoms with Crippen LogP contribution < -0.4 is 0 Å². The molecule has 0 aliphatic heterocycles. The quantitative estimate of drug-likeness (QED) is 0.832. The third-order valence-electron chi connectivity index (χ3n) is 3.26. The molecule has 0 bridgehead atoms. The van der Waals surface area contributed by atoms with Crippen molar-refractivity contribution >= 4 is 0 Å². The summed E-state index contributed by atoms with van der Waals surface area (Å²) in [4.78, 5) is 0. The van der Waals surface area contributed by atoms with Gasteiger partial charge in [0.05, 0.1) is 11.8 Å². The first-order valence-electron chi connectivity index (χ1n) is 5.48. The zero-order chi connectivity index (χ0) is 11.6. The summed E-state index contributed by atoms with van der Waals surface area (Å²) in [6.07, 6.45) is 2.09. The minimum atomic E-state index is -0.410. The van der Waals surface area contributed by atoms with E-state index in [2.05, 4.69) is 32.8 Å². The van der Waals surface area contributed by atoms with Crippen LogP contribution in [0.1, 0.15) is 45.9 Å². The highest BCUT2D eigenvalue weighted by Gasteiger charge is 2.24. The van der Waals surface area contributed by atoms with Crippen LogP contribution in [0.3, 0.4) is 0 Å². The van der Waals surface area contributed by atoms with Gasteiger partial charge in [0, 0.05) is 13.2 Å². The Morgan fingerprint density at radius 2 is 2.07 bits per heavy atom. The molecule has 2 unspecified atom stereocenters. The summed E-state index contributed by atoms with van der Waals surface area (Å²) in [5.74, 6) is 0.474. The predicted molar refractivity (Wildman–Crippen MR) is 61.4 cm³/mol. The smallest absolute Gasteiger partial charge is 0.0959 e. The first-order valence-corrected chi connectivity index (χ1v) is 5.48. The van der Waals surface area contributed by atoms with Crippen LogP contribution in [0.25, 0.3) is 0 Å². The van der Waals surface area contributed by atoms with Crippen LogP contribution in [0, 0.1) is 11.3 Å². The Bertz CT molecular complexity index is 312. The molecule has 1 heterocycles. The number of aromatic nitrogens is 2. The zero-order valence-electron chi connectivity index (χ0n) is 10.4. The molecule has 0 amide bonds. The zero-order valence-corrected chi connectivity index (χ0v) is 10.4. The summed E-state index contributed by atoms with van der Waals surface area (Å²) in [5.41, 5.74) is 1.13. The van der Waals surface area contributed by atoms with E-state index in [1.54, 1.807) is 10.9 Å². The molecule has 1 aromatic rings. The third kappa shape index (κ3) is 3.06. The highest BCUT2D eigenvalue weighted by Crippen LogP contribution is 2.32. The van der Waals surface area contributed by atoms with Gasteiger partial charge >= 0.3 is 0 Å². The van der Waals surface area contributed by atoms with Crippen molar-refractivity contribution in [1.82, 2.24) is 9.78 Å². The number of rotatable bonds is 3. The first-order chi connectivity index (χ1) is 6.82. The second kappa shape index (κ2) is 4.35. The van der Waals surface area contributed by atoms with E-state index in [1.807, 2.05) is 13.1 Å².